The van der Waals surface area contributed by atoms with Crippen molar-refractivity contribution in [3.05, 3.63) is 59.9 Å². The van der Waals surface area contributed by atoms with E-state index in [2.05, 4.69) is 0 Å². The van der Waals surface area contributed by atoms with E-state index >= 15 is 0 Å². The molecule has 1 atom stereocenters. The lowest BCUT2D eigenvalue weighted by Crippen LogP contribution is -2.43. The maximum atomic E-state index is 14.4. The summed E-state index contributed by atoms with van der Waals surface area (Å²) in [6, 6.07) is 14.2. The van der Waals surface area contributed by atoms with Crippen molar-refractivity contribution in [1.29, 1.82) is 0 Å². The number of carbonyl (C=O) groups excluding carboxylic acids is 2. The minimum absolute atomic E-state index is 0.0874. The Labute approximate surface area is 170 Å². The van der Waals surface area contributed by atoms with E-state index in [4.69, 9.17) is 5.73 Å². The van der Waals surface area contributed by atoms with Crippen molar-refractivity contribution in [2.24, 2.45) is 17.1 Å². The van der Waals surface area contributed by atoms with Gasteiger partial charge in [0.25, 0.3) is 0 Å². The molecule has 4 nitrogen and oxygen atoms in total. The molecule has 1 aliphatic carbocycles. The van der Waals surface area contributed by atoms with E-state index in [0.29, 0.717) is 31.5 Å². The van der Waals surface area contributed by atoms with Crippen LogP contribution < -0.4 is 5.73 Å². The van der Waals surface area contributed by atoms with Crippen molar-refractivity contribution in [1.82, 2.24) is 4.90 Å². The van der Waals surface area contributed by atoms with Crippen molar-refractivity contribution in [3.8, 4) is 11.1 Å². The fraction of sp³-hybridized carbons (Fsp3) is 0.417. The van der Waals surface area contributed by atoms with Crippen LogP contribution in [0.5, 0.6) is 0 Å². The minimum atomic E-state index is -0.810. The molecule has 29 heavy (non-hydrogen) atoms. The molecule has 1 aliphatic heterocycles. The summed E-state index contributed by atoms with van der Waals surface area (Å²) in [5, 5.41) is 0. The van der Waals surface area contributed by atoms with Gasteiger partial charge in [-0.2, -0.15) is 0 Å². The maximum absolute atomic E-state index is 14.4. The van der Waals surface area contributed by atoms with Gasteiger partial charge in [-0.25, -0.2) is 4.39 Å². The number of rotatable bonds is 5. The molecule has 1 heterocycles. The van der Waals surface area contributed by atoms with Crippen molar-refractivity contribution in [2.75, 3.05) is 13.1 Å². The molecule has 4 rings (SSSR count). The summed E-state index contributed by atoms with van der Waals surface area (Å²) in [5.41, 5.74) is 7.22. The minimum Gasteiger partial charge on any atom is -0.369 e. The first-order chi connectivity index (χ1) is 14.0. The molecule has 0 aromatic heterocycles. The summed E-state index contributed by atoms with van der Waals surface area (Å²) >= 11 is 0. The molecule has 152 valence electrons. The molecule has 0 spiro atoms. The van der Waals surface area contributed by atoms with Crippen LogP contribution in [0.25, 0.3) is 11.1 Å². The average Bonchev–Trinajstić information content (AvgIpc) is 3.40. The number of carbonyl (C=O) groups is 2. The van der Waals surface area contributed by atoms with Gasteiger partial charge < -0.3 is 10.6 Å². The van der Waals surface area contributed by atoms with Crippen LogP contribution in [-0.4, -0.2) is 29.8 Å². The lowest BCUT2D eigenvalue weighted by Gasteiger charge is -2.28. The highest BCUT2D eigenvalue weighted by Gasteiger charge is 2.46. The second-order valence-corrected chi connectivity index (χ2v) is 8.45. The summed E-state index contributed by atoms with van der Waals surface area (Å²) in [4.78, 5) is 27.2. The van der Waals surface area contributed by atoms with Gasteiger partial charge in [-0.3, -0.25) is 9.59 Å². The number of halogens is 1. The number of hydrogen-bond donors (Lipinski definition) is 1. The van der Waals surface area contributed by atoms with E-state index in [9.17, 15) is 14.0 Å². The van der Waals surface area contributed by atoms with Crippen molar-refractivity contribution in [2.45, 2.75) is 38.5 Å². The third-order valence-electron chi connectivity index (χ3n) is 6.60. The summed E-state index contributed by atoms with van der Waals surface area (Å²) in [6.45, 7) is 0.906. The Balaban J connectivity index is 1.61. The number of primary amides is 1. The summed E-state index contributed by atoms with van der Waals surface area (Å²) < 4.78 is 14.4. The lowest BCUT2D eigenvalue weighted by molar-refractivity contribution is -0.135. The zero-order valence-electron chi connectivity index (χ0n) is 16.6. The second-order valence-electron chi connectivity index (χ2n) is 8.45. The Hall–Kier alpha value is -2.69. The fourth-order valence-corrected chi connectivity index (χ4v) is 4.91. The molecular weight excluding hydrogens is 367 g/mol. The molecule has 2 aromatic carbocycles. The quantitative estimate of drug-likeness (QED) is 0.835. The van der Waals surface area contributed by atoms with Gasteiger partial charge in [-0.1, -0.05) is 55.3 Å². The van der Waals surface area contributed by atoms with E-state index < -0.39 is 5.41 Å². The molecule has 2 N–H and O–H groups in total. The van der Waals surface area contributed by atoms with Gasteiger partial charge in [-0.05, 0) is 42.9 Å². The van der Waals surface area contributed by atoms with Crippen LogP contribution in [0.4, 0.5) is 4.39 Å². The molecule has 0 unspecified atom stereocenters. The molecule has 1 saturated heterocycles. The van der Waals surface area contributed by atoms with Crippen molar-refractivity contribution >= 4 is 11.8 Å². The average molecular weight is 394 g/mol. The SMILES string of the molecule is NC(=O)[C@]1(Cc2ccccc2-c2ccccc2F)CCN(C(=O)C2CCCC2)C1. The van der Waals surface area contributed by atoms with Gasteiger partial charge in [-0.15, -0.1) is 0 Å². The molecule has 1 saturated carbocycles. The first-order valence-electron chi connectivity index (χ1n) is 10.4. The van der Waals surface area contributed by atoms with Crippen LogP contribution in [0.1, 0.15) is 37.7 Å². The van der Waals surface area contributed by atoms with Crippen molar-refractivity contribution in [3.63, 3.8) is 0 Å². The Morgan fingerprint density at radius 3 is 2.38 bits per heavy atom. The Morgan fingerprint density at radius 2 is 1.69 bits per heavy atom. The van der Waals surface area contributed by atoms with Crippen molar-refractivity contribution < 1.29 is 14.0 Å². The fourth-order valence-electron chi connectivity index (χ4n) is 4.91. The van der Waals surface area contributed by atoms with Gasteiger partial charge >= 0.3 is 0 Å². The predicted octanol–water partition coefficient (Wildman–Crippen LogP) is 3.93. The smallest absolute Gasteiger partial charge is 0.225 e. The van der Waals surface area contributed by atoms with Crippen LogP contribution in [0.15, 0.2) is 48.5 Å². The maximum Gasteiger partial charge on any atom is 0.225 e. The number of nitrogens with two attached hydrogens (primary N) is 1. The van der Waals surface area contributed by atoms with E-state index in [1.165, 1.54) is 6.07 Å². The van der Waals surface area contributed by atoms with E-state index in [-0.39, 0.29) is 23.5 Å². The summed E-state index contributed by atoms with van der Waals surface area (Å²) in [7, 11) is 0. The van der Waals surface area contributed by atoms with E-state index in [0.717, 1.165) is 36.8 Å². The number of amides is 2. The van der Waals surface area contributed by atoms with E-state index in [1.54, 1.807) is 18.2 Å². The van der Waals surface area contributed by atoms with Crippen LogP contribution in [0.3, 0.4) is 0 Å². The highest BCUT2D eigenvalue weighted by atomic mass is 19.1. The standard InChI is InChI=1S/C24H27FN2O2/c25-21-12-6-5-11-20(21)19-10-4-3-9-18(19)15-24(23(26)29)13-14-27(16-24)22(28)17-7-1-2-8-17/h3-6,9-12,17H,1-2,7-8,13-16H2,(H2,26,29)/t24-/m0/s1. The first kappa shape index (κ1) is 19.6. The predicted molar refractivity (Wildman–Crippen MR) is 110 cm³/mol. The Morgan fingerprint density at radius 1 is 1.03 bits per heavy atom. The monoisotopic (exact) mass is 394 g/mol. The van der Waals surface area contributed by atoms with Crippen LogP contribution in [0, 0.1) is 17.2 Å². The third kappa shape index (κ3) is 3.78. The molecule has 2 aromatic rings. The normalized spacial score (nSPS) is 22.2. The van der Waals surface area contributed by atoms with Gasteiger partial charge in [0.05, 0.1) is 5.41 Å². The number of nitrogens with zero attached hydrogens (tertiary/aromatic N) is 1. The van der Waals surface area contributed by atoms with Crippen LogP contribution in [0.2, 0.25) is 0 Å². The van der Waals surface area contributed by atoms with Gasteiger partial charge in [0, 0.05) is 24.6 Å². The summed E-state index contributed by atoms with van der Waals surface area (Å²) in [5.74, 6) is -0.433. The first-order valence-corrected chi connectivity index (χ1v) is 10.4. The molecule has 0 bridgehead atoms. The van der Waals surface area contributed by atoms with E-state index in [1.807, 2.05) is 29.2 Å². The van der Waals surface area contributed by atoms with Gasteiger partial charge in [0.2, 0.25) is 11.8 Å². The van der Waals surface area contributed by atoms with Gasteiger partial charge in [0.15, 0.2) is 0 Å². The highest BCUT2D eigenvalue weighted by Crippen LogP contribution is 2.39. The second kappa shape index (κ2) is 7.97. The lowest BCUT2D eigenvalue weighted by atomic mass is 9.78. The molecule has 0 radical (unpaired) electrons. The Kier molecular flexibility index (Phi) is 5.39. The van der Waals surface area contributed by atoms with Crippen LogP contribution in [-0.2, 0) is 16.0 Å². The third-order valence-corrected chi connectivity index (χ3v) is 6.60. The summed E-state index contributed by atoms with van der Waals surface area (Å²) in [6.07, 6.45) is 5.03. The molecule has 2 aliphatic rings. The zero-order chi connectivity index (χ0) is 20.4. The number of benzene rings is 2. The number of likely N-dealkylation sites (tertiary alicyclic amines) is 1. The zero-order valence-corrected chi connectivity index (χ0v) is 16.6. The molecular formula is C24H27FN2O2. The largest absolute Gasteiger partial charge is 0.369 e. The van der Waals surface area contributed by atoms with Crippen LogP contribution >= 0.6 is 0 Å². The number of hydrogen-bond acceptors (Lipinski definition) is 2. The molecule has 2 amide bonds. The molecule has 5 heteroatoms. The highest BCUT2D eigenvalue weighted by molar-refractivity contribution is 5.85. The van der Waals surface area contributed by atoms with Gasteiger partial charge in [0.1, 0.15) is 5.82 Å². The molecule has 2 fully saturated rings. The Bertz CT molecular complexity index is 923. The topological polar surface area (TPSA) is 63.4 Å².